The van der Waals surface area contributed by atoms with Crippen LogP contribution in [0.5, 0.6) is 0 Å². The molecule has 2 aromatic heterocycles. The van der Waals surface area contributed by atoms with Gasteiger partial charge in [0, 0.05) is 25.0 Å². The summed E-state index contributed by atoms with van der Waals surface area (Å²) in [6.45, 7) is 3.15. The van der Waals surface area contributed by atoms with Crippen LogP contribution in [-0.2, 0) is 11.3 Å². The lowest BCUT2D eigenvalue weighted by Crippen LogP contribution is -2.32. The molecule has 2 aromatic rings. The molecule has 20 heavy (non-hydrogen) atoms. The summed E-state index contributed by atoms with van der Waals surface area (Å²) in [5.74, 6) is 0.758. The molecule has 2 rings (SSSR count). The van der Waals surface area contributed by atoms with Crippen molar-refractivity contribution in [2.75, 3.05) is 13.2 Å². The van der Waals surface area contributed by atoms with Gasteiger partial charge in [0.15, 0.2) is 0 Å². The minimum absolute atomic E-state index is 0.142. The van der Waals surface area contributed by atoms with Gasteiger partial charge in [-0.1, -0.05) is 6.07 Å². The van der Waals surface area contributed by atoms with Crippen molar-refractivity contribution in [1.29, 1.82) is 0 Å². The molecule has 1 unspecified atom stereocenters. The fourth-order valence-corrected chi connectivity index (χ4v) is 1.81. The number of furan rings is 1. The second-order valence-corrected chi connectivity index (χ2v) is 4.66. The number of nitrogens with zero attached hydrogens (tertiary/aromatic N) is 1. The summed E-state index contributed by atoms with van der Waals surface area (Å²) in [6.07, 6.45) is 4.61. The van der Waals surface area contributed by atoms with Crippen molar-refractivity contribution in [3.05, 3.63) is 54.2 Å². The van der Waals surface area contributed by atoms with Crippen LogP contribution in [0.1, 0.15) is 24.3 Å². The van der Waals surface area contributed by atoms with E-state index in [1.54, 1.807) is 12.5 Å². The Morgan fingerprint density at radius 2 is 2.30 bits per heavy atom. The van der Waals surface area contributed by atoms with Crippen LogP contribution >= 0.6 is 0 Å². The first-order valence-corrected chi connectivity index (χ1v) is 6.67. The zero-order chi connectivity index (χ0) is 14.2. The summed E-state index contributed by atoms with van der Waals surface area (Å²) < 4.78 is 10.5. The van der Waals surface area contributed by atoms with Gasteiger partial charge in [0.1, 0.15) is 12.4 Å². The Morgan fingerprint density at radius 3 is 3.00 bits per heavy atom. The topological polar surface area (TPSA) is 67.5 Å². The molecule has 2 heterocycles. The van der Waals surface area contributed by atoms with E-state index in [0.29, 0.717) is 13.2 Å². The minimum Gasteiger partial charge on any atom is -0.467 e. The maximum atomic E-state index is 9.84. The minimum atomic E-state index is -0.552. The van der Waals surface area contributed by atoms with Crippen molar-refractivity contribution in [3.8, 4) is 0 Å². The highest BCUT2D eigenvalue weighted by Gasteiger charge is 2.09. The van der Waals surface area contributed by atoms with E-state index in [4.69, 9.17) is 9.15 Å². The molecule has 0 saturated heterocycles. The van der Waals surface area contributed by atoms with E-state index in [1.807, 2.05) is 37.4 Å². The third-order valence-corrected chi connectivity index (χ3v) is 2.98. The Kier molecular flexibility index (Phi) is 5.73. The van der Waals surface area contributed by atoms with Gasteiger partial charge in [0.25, 0.3) is 0 Å². The maximum absolute atomic E-state index is 9.84. The average molecular weight is 276 g/mol. The van der Waals surface area contributed by atoms with Gasteiger partial charge in [0.2, 0.25) is 0 Å². The van der Waals surface area contributed by atoms with Crippen LogP contribution < -0.4 is 5.32 Å². The van der Waals surface area contributed by atoms with E-state index < -0.39 is 6.10 Å². The molecule has 0 fully saturated rings. The number of hydrogen-bond donors (Lipinski definition) is 2. The van der Waals surface area contributed by atoms with E-state index in [0.717, 1.165) is 11.3 Å². The Labute approximate surface area is 118 Å². The van der Waals surface area contributed by atoms with Crippen molar-refractivity contribution in [2.24, 2.45) is 0 Å². The largest absolute Gasteiger partial charge is 0.467 e. The van der Waals surface area contributed by atoms with Gasteiger partial charge in [-0.3, -0.25) is 4.98 Å². The number of aliphatic hydroxyl groups is 1. The maximum Gasteiger partial charge on any atom is 0.129 e. The normalized spacial score (nSPS) is 14.1. The molecule has 5 nitrogen and oxygen atoms in total. The Balaban J connectivity index is 1.63. The SMILES string of the molecule is C[C@@H](NCC(O)COCc1ccco1)c1cccnc1. The lowest BCUT2D eigenvalue weighted by molar-refractivity contribution is 0.0217. The van der Waals surface area contributed by atoms with Crippen molar-refractivity contribution < 1.29 is 14.3 Å². The van der Waals surface area contributed by atoms with Crippen LogP contribution in [0.3, 0.4) is 0 Å². The first-order chi connectivity index (χ1) is 9.75. The van der Waals surface area contributed by atoms with Crippen molar-refractivity contribution in [1.82, 2.24) is 10.3 Å². The molecule has 2 N–H and O–H groups in total. The standard InChI is InChI=1S/C15H20N2O3/c1-12(13-4-2-6-16-8-13)17-9-14(18)10-19-11-15-5-3-7-20-15/h2-8,12,14,17-18H,9-11H2,1H3/t12-,14?/m1/s1. The fraction of sp³-hybridized carbons (Fsp3) is 0.400. The van der Waals surface area contributed by atoms with Gasteiger partial charge in [-0.25, -0.2) is 0 Å². The number of aromatic nitrogens is 1. The van der Waals surface area contributed by atoms with Gasteiger partial charge in [-0.2, -0.15) is 0 Å². The molecule has 0 saturated carbocycles. The number of nitrogens with one attached hydrogen (secondary N) is 1. The molecule has 0 aliphatic heterocycles. The van der Waals surface area contributed by atoms with Crippen molar-refractivity contribution in [2.45, 2.75) is 25.7 Å². The smallest absolute Gasteiger partial charge is 0.129 e. The number of ether oxygens (including phenoxy) is 1. The van der Waals surface area contributed by atoms with Gasteiger partial charge >= 0.3 is 0 Å². The monoisotopic (exact) mass is 276 g/mol. The highest BCUT2D eigenvalue weighted by atomic mass is 16.5. The Morgan fingerprint density at radius 1 is 1.40 bits per heavy atom. The summed E-state index contributed by atoms with van der Waals surface area (Å²) >= 11 is 0. The Hall–Kier alpha value is -1.69. The van der Waals surface area contributed by atoms with Gasteiger partial charge in [-0.05, 0) is 30.7 Å². The zero-order valence-corrected chi connectivity index (χ0v) is 11.5. The van der Waals surface area contributed by atoms with Crippen molar-refractivity contribution in [3.63, 3.8) is 0 Å². The molecular formula is C15H20N2O3. The van der Waals surface area contributed by atoms with Crippen LogP contribution in [0, 0.1) is 0 Å². The molecule has 2 atom stereocenters. The predicted molar refractivity (Wildman–Crippen MR) is 75.0 cm³/mol. The highest BCUT2D eigenvalue weighted by Crippen LogP contribution is 2.09. The number of hydrogen-bond acceptors (Lipinski definition) is 5. The van der Waals surface area contributed by atoms with Crippen LogP contribution in [0.2, 0.25) is 0 Å². The molecule has 108 valence electrons. The summed E-state index contributed by atoms with van der Waals surface area (Å²) in [4.78, 5) is 4.07. The Bertz CT molecular complexity index is 473. The fourth-order valence-electron chi connectivity index (χ4n) is 1.81. The third-order valence-electron chi connectivity index (χ3n) is 2.98. The van der Waals surface area contributed by atoms with E-state index in [2.05, 4.69) is 10.3 Å². The molecule has 0 amide bonds. The van der Waals surface area contributed by atoms with E-state index in [9.17, 15) is 5.11 Å². The van der Waals surface area contributed by atoms with Crippen molar-refractivity contribution >= 4 is 0 Å². The quantitative estimate of drug-likeness (QED) is 0.771. The first-order valence-electron chi connectivity index (χ1n) is 6.67. The van der Waals surface area contributed by atoms with Gasteiger partial charge in [0.05, 0.1) is 19.0 Å². The second-order valence-electron chi connectivity index (χ2n) is 4.66. The second kappa shape index (κ2) is 7.79. The number of pyridine rings is 1. The van der Waals surface area contributed by atoms with Gasteiger partial charge in [-0.15, -0.1) is 0 Å². The summed E-state index contributed by atoms with van der Waals surface area (Å²) in [6, 6.07) is 7.70. The highest BCUT2D eigenvalue weighted by molar-refractivity contribution is 5.12. The summed E-state index contributed by atoms with van der Waals surface area (Å²) in [5.41, 5.74) is 1.09. The zero-order valence-electron chi connectivity index (χ0n) is 11.5. The molecular weight excluding hydrogens is 256 g/mol. The lowest BCUT2D eigenvalue weighted by Gasteiger charge is -2.17. The van der Waals surface area contributed by atoms with E-state index >= 15 is 0 Å². The van der Waals surface area contributed by atoms with Gasteiger partial charge < -0.3 is 19.6 Å². The summed E-state index contributed by atoms with van der Waals surface area (Å²) in [5, 5.41) is 13.1. The number of aliphatic hydroxyl groups excluding tert-OH is 1. The third kappa shape index (κ3) is 4.77. The average Bonchev–Trinajstić information content (AvgIpc) is 2.99. The van der Waals surface area contributed by atoms with Crippen LogP contribution in [0.4, 0.5) is 0 Å². The molecule has 0 spiro atoms. The molecule has 0 aliphatic rings. The summed E-state index contributed by atoms with van der Waals surface area (Å²) in [7, 11) is 0. The number of rotatable bonds is 8. The molecule has 0 bridgehead atoms. The van der Waals surface area contributed by atoms with Crippen LogP contribution in [0.15, 0.2) is 47.3 Å². The van der Waals surface area contributed by atoms with E-state index in [1.165, 1.54) is 0 Å². The van der Waals surface area contributed by atoms with Crippen LogP contribution in [0.25, 0.3) is 0 Å². The first kappa shape index (κ1) is 14.7. The van der Waals surface area contributed by atoms with Crippen LogP contribution in [-0.4, -0.2) is 29.3 Å². The molecule has 0 aliphatic carbocycles. The molecule has 0 radical (unpaired) electrons. The predicted octanol–water partition coefficient (Wildman–Crippen LogP) is 1.90. The molecule has 5 heteroatoms. The molecule has 0 aromatic carbocycles. The lowest BCUT2D eigenvalue weighted by atomic mass is 10.1. The van der Waals surface area contributed by atoms with E-state index in [-0.39, 0.29) is 12.6 Å².